The second-order valence-electron chi connectivity index (χ2n) is 4.53. The normalized spacial score (nSPS) is 14.7. The minimum atomic E-state index is -1.25. The minimum Gasteiger partial charge on any atom is -0.506 e. The van der Waals surface area contributed by atoms with Crippen LogP contribution in [0.1, 0.15) is 32.2 Å². The van der Waals surface area contributed by atoms with Gasteiger partial charge in [-0.1, -0.05) is 35.9 Å². The third-order valence-corrected chi connectivity index (χ3v) is 3.66. The molecule has 3 rings (SSSR count). The lowest BCUT2D eigenvalue weighted by Gasteiger charge is -2.10. The summed E-state index contributed by atoms with van der Waals surface area (Å²) in [6.45, 7) is 0. The van der Waals surface area contributed by atoms with Gasteiger partial charge in [-0.3, -0.25) is 9.59 Å². The average molecular weight is 291 g/mol. The van der Waals surface area contributed by atoms with E-state index in [4.69, 9.17) is 11.6 Å². The highest BCUT2D eigenvalue weighted by Crippen LogP contribution is 2.38. The second kappa shape index (κ2) is 4.42. The van der Waals surface area contributed by atoms with Crippen molar-refractivity contribution in [2.75, 3.05) is 0 Å². The summed E-state index contributed by atoms with van der Waals surface area (Å²) >= 11 is 5.59. The van der Waals surface area contributed by atoms with Crippen LogP contribution in [-0.4, -0.2) is 16.7 Å². The molecule has 0 heterocycles. The lowest BCUT2D eigenvalue weighted by atomic mass is 9.93. The summed E-state index contributed by atoms with van der Waals surface area (Å²) in [5.74, 6) is -3.33. The number of rotatable bonds is 1. The smallest absolute Gasteiger partial charge is 0.178 e. The van der Waals surface area contributed by atoms with E-state index in [1.165, 1.54) is 12.1 Å². The van der Waals surface area contributed by atoms with Gasteiger partial charge in [-0.15, -0.1) is 0 Å². The summed E-state index contributed by atoms with van der Waals surface area (Å²) in [5, 5.41) is 9.39. The summed E-state index contributed by atoms with van der Waals surface area (Å²) in [6.07, 6.45) is 0. The molecule has 1 aliphatic rings. The molecule has 0 unspecified atom stereocenters. The predicted molar refractivity (Wildman–Crippen MR) is 70.9 cm³/mol. The Labute approximate surface area is 118 Å². The van der Waals surface area contributed by atoms with Gasteiger partial charge in [0.15, 0.2) is 11.6 Å². The van der Waals surface area contributed by atoms with Crippen LogP contribution < -0.4 is 0 Å². The van der Waals surface area contributed by atoms with E-state index < -0.39 is 23.3 Å². The molecule has 20 heavy (non-hydrogen) atoms. The number of halogens is 2. The molecule has 1 aliphatic carbocycles. The van der Waals surface area contributed by atoms with Gasteiger partial charge >= 0.3 is 0 Å². The van der Waals surface area contributed by atoms with Crippen LogP contribution in [0.3, 0.4) is 0 Å². The molecule has 100 valence electrons. The Morgan fingerprint density at radius 1 is 1.05 bits per heavy atom. The van der Waals surface area contributed by atoms with E-state index in [0.717, 1.165) is 12.1 Å². The number of carbonyl (C=O) groups is 2. The Bertz CT molecular complexity index is 720. The van der Waals surface area contributed by atoms with Crippen LogP contribution in [0.15, 0.2) is 36.4 Å². The fourth-order valence-corrected chi connectivity index (χ4v) is 2.55. The standard InChI is InChI=1S/C15H8ClFO3/c16-10-6-11(17)9(5-12(10)18)13-14(19)7-3-1-2-4-8(7)15(13)20/h1-6,13,18H. The molecule has 0 aliphatic heterocycles. The summed E-state index contributed by atoms with van der Waals surface area (Å²) in [4.78, 5) is 24.5. The fraction of sp³-hybridized carbons (Fsp3) is 0.0667. The number of phenolic OH excluding ortho intramolecular Hbond substituents is 1. The summed E-state index contributed by atoms with van der Waals surface area (Å²) in [5.41, 5.74) is 0.394. The maximum Gasteiger partial charge on any atom is 0.178 e. The van der Waals surface area contributed by atoms with Crippen LogP contribution in [0.4, 0.5) is 4.39 Å². The Hall–Kier alpha value is -2.20. The molecule has 3 nitrogen and oxygen atoms in total. The Kier molecular flexibility index (Phi) is 2.83. The van der Waals surface area contributed by atoms with Crippen molar-refractivity contribution >= 4 is 23.2 Å². The summed E-state index contributed by atoms with van der Waals surface area (Å²) in [6, 6.07) is 8.27. The number of aromatic hydroxyl groups is 1. The largest absolute Gasteiger partial charge is 0.506 e. The van der Waals surface area contributed by atoms with Crippen molar-refractivity contribution in [3.63, 3.8) is 0 Å². The number of hydrogen-bond donors (Lipinski definition) is 1. The van der Waals surface area contributed by atoms with E-state index in [2.05, 4.69) is 0 Å². The van der Waals surface area contributed by atoms with Crippen LogP contribution in [0.25, 0.3) is 0 Å². The number of benzene rings is 2. The molecule has 0 atom stereocenters. The molecule has 0 aromatic heterocycles. The number of fused-ring (bicyclic) bond motifs is 1. The molecule has 0 radical (unpaired) electrons. The Morgan fingerprint density at radius 3 is 2.15 bits per heavy atom. The highest BCUT2D eigenvalue weighted by molar-refractivity contribution is 6.32. The molecule has 5 heteroatoms. The van der Waals surface area contributed by atoms with Crippen LogP contribution >= 0.6 is 11.6 Å². The van der Waals surface area contributed by atoms with Crippen molar-refractivity contribution in [1.29, 1.82) is 0 Å². The van der Waals surface area contributed by atoms with Gasteiger partial charge in [0.1, 0.15) is 17.5 Å². The zero-order valence-electron chi connectivity index (χ0n) is 10.1. The first-order chi connectivity index (χ1) is 9.50. The Balaban J connectivity index is 2.17. The van der Waals surface area contributed by atoms with Gasteiger partial charge in [0.25, 0.3) is 0 Å². The molecule has 1 N–H and O–H groups in total. The predicted octanol–water partition coefficient (Wildman–Crippen LogP) is 3.35. The number of Topliss-reactive ketones (excluding diaryl/α,β-unsaturated/α-hetero) is 2. The number of phenols is 1. The second-order valence-corrected chi connectivity index (χ2v) is 4.94. The highest BCUT2D eigenvalue weighted by Gasteiger charge is 2.40. The monoisotopic (exact) mass is 290 g/mol. The van der Waals surface area contributed by atoms with Crippen LogP contribution in [-0.2, 0) is 0 Å². The van der Waals surface area contributed by atoms with Gasteiger partial charge in [-0.05, 0) is 12.1 Å². The third kappa shape index (κ3) is 1.72. The summed E-state index contributed by atoms with van der Waals surface area (Å²) < 4.78 is 14.0. The van der Waals surface area contributed by atoms with Gasteiger partial charge in [0.05, 0.1) is 5.02 Å². The quantitative estimate of drug-likeness (QED) is 0.820. The van der Waals surface area contributed by atoms with E-state index in [-0.39, 0.29) is 27.5 Å². The van der Waals surface area contributed by atoms with Crippen LogP contribution in [0, 0.1) is 5.82 Å². The molecule has 2 aromatic rings. The molecule has 0 saturated heterocycles. The molecular weight excluding hydrogens is 283 g/mol. The molecule has 0 amide bonds. The molecule has 0 bridgehead atoms. The van der Waals surface area contributed by atoms with Crippen molar-refractivity contribution in [3.05, 3.63) is 63.9 Å². The van der Waals surface area contributed by atoms with Crippen molar-refractivity contribution < 1.29 is 19.1 Å². The van der Waals surface area contributed by atoms with Crippen molar-refractivity contribution in [1.82, 2.24) is 0 Å². The lowest BCUT2D eigenvalue weighted by molar-refractivity contribution is 0.0888. The van der Waals surface area contributed by atoms with Crippen LogP contribution in [0.2, 0.25) is 5.02 Å². The van der Waals surface area contributed by atoms with E-state index in [0.29, 0.717) is 0 Å². The van der Waals surface area contributed by atoms with Crippen molar-refractivity contribution in [2.24, 2.45) is 0 Å². The molecule has 2 aromatic carbocycles. The van der Waals surface area contributed by atoms with Crippen molar-refractivity contribution in [3.8, 4) is 5.75 Å². The van der Waals surface area contributed by atoms with Crippen molar-refractivity contribution in [2.45, 2.75) is 5.92 Å². The highest BCUT2D eigenvalue weighted by atomic mass is 35.5. The van der Waals surface area contributed by atoms with E-state index >= 15 is 0 Å². The van der Waals surface area contributed by atoms with Crippen LogP contribution in [0.5, 0.6) is 5.75 Å². The number of carbonyl (C=O) groups excluding carboxylic acids is 2. The number of ketones is 2. The first-order valence-electron chi connectivity index (χ1n) is 5.86. The number of hydrogen-bond acceptors (Lipinski definition) is 3. The Morgan fingerprint density at radius 2 is 1.60 bits per heavy atom. The van der Waals surface area contributed by atoms with Gasteiger partial charge < -0.3 is 5.11 Å². The average Bonchev–Trinajstić information content (AvgIpc) is 2.68. The lowest BCUT2D eigenvalue weighted by Crippen LogP contribution is -2.14. The molecule has 0 fully saturated rings. The van der Waals surface area contributed by atoms with Gasteiger partial charge in [-0.2, -0.15) is 0 Å². The first kappa shape index (κ1) is 12.8. The first-order valence-corrected chi connectivity index (χ1v) is 6.24. The zero-order chi connectivity index (χ0) is 14.4. The zero-order valence-corrected chi connectivity index (χ0v) is 10.8. The SMILES string of the molecule is O=C1c2ccccc2C(=O)C1c1cc(O)c(Cl)cc1F. The summed E-state index contributed by atoms with van der Waals surface area (Å²) in [7, 11) is 0. The van der Waals surface area contributed by atoms with Gasteiger partial charge in [-0.25, -0.2) is 4.39 Å². The minimum absolute atomic E-state index is 0.155. The molecular formula is C15H8ClFO3. The molecule has 0 saturated carbocycles. The molecule has 0 spiro atoms. The maximum atomic E-state index is 14.0. The fourth-order valence-electron chi connectivity index (χ4n) is 2.40. The third-order valence-electron chi connectivity index (χ3n) is 3.36. The van der Waals surface area contributed by atoms with Gasteiger partial charge in [0.2, 0.25) is 0 Å². The van der Waals surface area contributed by atoms with Gasteiger partial charge in [0, 0.05) is 16.7 Å². The maximum absolute atomic E-state index is 14.0. The van der Waals surface area contributed by atoms with E-state index in [1.807, 2.05) is 0 Å². The van der Waals surface area contributed by atoms with E-state index in [9.17, 15) is 19.1 Å². The van der Waals surface area contributed by atoms with E-state index in [1.54, 1.807) is 12.1 Å². The topological polar surface area (TPSA) is 54.4 Å².